The van der Waals surface area contributed by atoms with Crippen molar-refractivity contribution >= 4 is 41.2 Å². The highest BCUT2D eigenvalue weighted by Crippen LogP contribution is 2.68. The van der Waals surface area contributed by atoms with Crippen LogP contribution in [-0.4, -0.2) is 78.5 Å². The lowest BCUT2D eigenvalue weighted by Crippen LogP contribution is -2.56. The molecule has 16 heteroatoms. The van der Waals surface area contributed by atoms with Gasteiger partial charge in [0, 0.05) is 35.7 Å². The smallest absolute Gasteiger partial charge is 0.305 e. The molecule has 4 aliphatic carbocycles. The van der Waals surface area contributed by atoms with Crippen molar-refractivity contribution in [3.05, 3.63) is 38.3 Å². The number of nitro benzene ring substituents is 1. The summed E-state index contributed by atoms with van der Waals surface area (Å²) in [5.41, 5.74) is 9.77. The molecule has 56 heavy (non-hydrogen) atoms. The van der Waals surface area contributed by atoms with E-state index in [0.29, 0.717) is 91.7 Å². The summed E-state index contributed by atoms with van der Waals surface area (Å²) in [5.74, 6) is 3.54. The van der Waals surface area contributed by atoms with Gasteiger partial charge in [0.1, 0.15) is 12.1 Å². The second-order valence-corrected chi connectivity index (χ2v) is 17.7. The maximum atomic E-state index is 13.6. The van der Waals surface area contributed by atoms with Crippen LogP contribution in [0.5, 0.6) is 0 Å². The second kappa shape index (κ2) is 18.9. The largest absolute Gasteiger partial charge is 0.463 e. The van der Waals surface area contributed by atoms with Gasteiger partial charge in [0.15, 0.2) is 0 Å². The molecule has 1 aromatic heterocycles. The third-order valence-electron chi connectivity index (χ3n) is 14.6. The summed E-state index contributed by atoms with van der Waals surface area (Å²) in [6.07, 6.45) is 12.2. The van der Waals surface area contributed by atoms with Crippen molar-refractivity contribution in [1.29, 1.82) is 0 Å². The first-order valence-corrected chi connectivity index (χ1v) is 21.2. The van der Waals surface area contributed by atoms with E-state index >= 15 is 0 Å². The first-order chi connectivity index (χ1) is 27.0. The molecule has 6 rings (SSSR count). The molecular formula is C40H59N7O8S. The highest BCUT2D eigenvalue weighted by atomic mass is 32.1. The summed E-state index contributed by atoms with van der Waals surface area (Å²) in [4.78, 5) is 39.8. The summed E-state index contributed by atoms with van der Waals surface area (Å²) >= 11 is 4.52. The van der Waals surface area contributed by atoms with Gasteiger partial charge in [-0.25, -0.2) is 4.63 Å². The van der Waals surface area contributed by atoms with E-state index in [0.717, 1.165) is 37.5 Å². The van der Waals surface area contributed by atoms with E-state index in [1.54, 1.807) is 6.07 Å². The van der Waals surface area contributed by atoms with E-state index < -0.39 is 10.8 Å². The third-order valence-corrected chi connectivity index (χ3v) is 15.0. The number of carbonyl (C=O) groups is 2. The molecule has 0 radical (unpaired) electrons. The van der Waals surface area contributed by atoms with E-state index in [9.17, 15) is 19.7 Å². The second-order valence-electron chi connectivity index (χ2n) is 17.3. The predicted molar refractivity (Wildman–Crippen MR) is 212 cm³/mol. The van der Waals surface area contributed by atoms with Crippen LogP contribution in [0.4, 0.5) is 5.69 Å². The van der Waals surface area contributed by atoms with Crippen LogP contribution >= 0.6 is 12.6 Å². The zero-order chi connectivity index (χ0) is 39.9. The minimum Gasteiger partial charge on any atom is -0.463 e. The number of fused-ring (bicyclic) bond motifs is 6. The van der Waals surface area contributed by atoms with Crippen LogP contribution in [0.1, 0.15) is 97.0 Å². The maximum Gasteiger partial charge on any atom is 0.305 e. The fraction of sp³-hybridized carbons (Fsp3) is 0.800. The molecule has 15 nitrogen and oxygen atoms in total. The zero-order valence-electron chi connectivity index (χ0n) is 33.1. The number of benzene rings is 1. The van der Waals surface area contributed by atoms with Gasteiger partial charge in [-0.2, -0.15) is 12.6 Å². The Morgan fingerprint density at radius 1 is 1.04 bits per heavy atom. The van der Waals surface area contributed by atoms with Crippen LogP contribution in [0.15, 0.2) is 21.9 Å². The van der Waals surface area contributed by atoms with Gasteiger partial charge in [-0.1, -0.05) is 25.9 Å². The Balaban J connectivity index is 0.955. The Hall–Kier alpha value is -3.46. The number of aromatic nitrogens is 2. The van der Waals surface area contributed by atoms with E-state index in [1.807, 2.05) is 0 Å². The minimum atomic E-state index is -0.509. The third kappa shape index (κ3) is 9.13. The molecule has 1 amide bonds. The van der Waals surface area contributed by atoms with Gasteiger partial charge in [0.25, 0.3) is 0 Å². The number of hydrogen-bond donors (Lipinski definition) is 2. The van der Waals surface area contributed by atoms with Crippen molar-refractivity contribution in [1.82, 2.24) is 15.6 Å². The van der Waals surface area contributed by atoms with Crippen molar-refractivity contribution in [3.8, 4) is 0 Å². The Bertz CT molecular complexity index is 1740. The molecule has 10 atom stereocenters. The lowest BCUT2D eigenvalue weighted by molar-refractivity contribution is -0.383. The van der Waals surface area contributed by atoms with Crippen molar-refractivity contribution in [3.63, 3.8) is 0 Å². The molecule has 0 aliphatic heterocycles. The monoisotopic (exact) mass is 797 g/mol. The number of nitrogens with one attached hydrogen (secondary N) is 1. The average molecular weight is 798 g/mol. The molecule has 4 saturated carbocycles. The number of azide groups is 1. The van der Waals surface area contributed by atoms with E-state index in [1.165, 1.54) is 44.6 Å². The number of thiol groups is 1. The highest BCUT2D eigenvalue weighted by molar-refractivity contribution is 7.80. The average Bonchev–Trinajstić information content (AvgIpc) is 3.82. The Morgan fingerprint density at radius 2 is 1.77 bits per heavy atom. The molecule has 4 aliphatic rings. The molecule has 2 aromatic rings. The number of carbonyl (C=O) groups excluding carboxylic acids is 2. The van der Waals surface area contributed by atoms with Crippen LogP contribution in [-0.2, 0) is 30.2 Å². The number of rotatable bonds is 19. The SMILES string of the molecule is C[C@H](CCC(=O)OCCOCCOCCN=[N+]=[N-])C1CC[C@H]2[C@@H]3CC[C@@H]4C[C@H](NC(=O)[C@H](CS)Cc5ccc([N+](=O)[O-])c6nonc56)CC[C@]4(C)[C@H]3CC[C@]12C. The zero-order valence-corrected chi connectivity index (χ0v) is 34.0. The lowest BCUT2D eigenvalue weighted by Gasteiger charge is -2.61. The van der Waals surface area contributed by atoms with Crippen LogP contribution in [0.3, 0.4) is 0 Å². The molecule has 0 saturated heterocycles. The number of non-ortho nitro benzene ring substituents is 1. The molecule has 0 spiro atoms. The van der Waals surface area contributed by atoms with Crippen LogP contribution in [0.25, 0.3) is 21.5 Å². The Labute approximate surface area is 334 Å². The molecule has 1 unspecified atom stereocenters. The molecule has 4 fully saturated rings. The summed E-state index contributed by atoms with van der Waals surface area (Å²) in [6.45, 7) is 9.45. The lowest BCUT2D eigenvalue weighted by atomic mass is 9.44. The molecule has 1 aromatic carbocycles. The summed E-state index contributed by atoms with van der Waals surface area (Å²) < 4.78 is 21.1. The topological polar surface area (TPSA) is 205 Å². The molecule has 1 N–H and O–H groups in total. The maximum absolute atomic E-state index is 13.6. The number of hydrogen-bond acceptors (Lipinski definition) is 12. The molecule has 1 heterocycles. The quantitative estimate of drug-likeness (QED) is 0.0207. The highest BCUT2D eigenvalue weighted by Gasteiger charge is 2.60. The van der Waals surface area contributed by atoms with Crippen LogP contribution in [0, 0.1) is 62.4 Å². The van der Waals surface area contributed by atoms with Crippen molar-refractivity contribution in [2.45, 2.75) is 104 Å². The van der Waals surface area contributed by atoms with E-state index in [-0.39, 0.29) is 41.1 Å². The number of nitrogens with zero attached hydrogens (tertiary/aromatic N) is 6. The van der Waals surface area contributed by atoms with Crippen LogP contribution < -0.4 is 5.32 Å². The first kappa shape index (κ1) is 42.2. The van der Waals surface area contributed by atoms with Crippen LogP contribution in [0.2, 0.25) is 0 Å². The summed E-state index contributed by atoms with van der Waals surface area (Å²) in [7, 11) is 0. The molecular weight excluding hydrogens is 739 g/mol. The molecule has 0 bridgehead atoms. The van der Waals surface area contributed by atoms with Crippen molar-refractivity contribution in [2.24, 2.45) is 57.4 Å². The van der Waals surface area contributed by atoms with Gasteiger partial charge in [-0.3, -0.25) is 19.7 Å². The summed E-state index contributed by atoms with van der Waals surface area (Å²) in [5, 5.41) is 25.9. The van der Waals surface area contributed by atoms with Gasteiger partial charge >= 0.3 is 11.7 Å². The molecule has 308 valence electrons. The normalized spacial score (nSPS) is 30.6. The van der Waals surface area contributed by atoms with Crippen molar-refractivity contribution in [2.75, 3.05) is 45.3 Å². The first-order valence-electron chi connectivity index (χ1n) is 20.6. The van der Waals surface area contributed by atoms with Gasteiger partial charge in [-0.15, -0.1) is 0 Å². The van der Waals surface area contributed by atoms with E-state index in [4.69, 9.17) is 24.4 Å². The van der Waals surface area contributed by atoms with Gasteiger partial charge in [-0.05, 0) is 144 Å². The van der Waals surface area contributed by atoms with E-state index in [2.05, 4.69) is 59.1 Å². The van der Waals surface area contributed by atoms with Gasteiger partial charge < -0.3 is 19.5 Å². The number of amides is 1. The summed E-state index contributed by atoms with van der Waals surface area (Å²) in [6, 6.07) is 3.15. The number of nitro groups is 1. The minimum absolute atomic E-state index is 0.0366. The van der Waals surface area contributed by atoms with Gasteiger partial charge in [0.05, 0.1) is 37.3 Å². The Kier molecular flexibility index (Phi) is 14.2. The standard InChI is InChI=1S/C40H59N7O8S/c1-25(4-11-35(48)54-21-20-53-19-18-52-17-16-42-46-41)31-8-9-32-30-7-6-28-23-29(12-14-39(28,2)33(30)13-15-40(31,32)3)43-38(49)27(24-56)22-26-5-10-34(47(50)51)37-36(26)44-55-45-37/h5,10,25,27-33,56H,4,6-9,11-24H2,1-3H3,(H,43,49)/t25-,27+,28-,29-,30+,31?,32+,33+,39+,40-/m1/s1. The fourth-order valence-corrected chi connectivity index (χ4v) is 12.0. The predicted octanol–water partition coefficient (Wildman–Crippen LogP) is 7.67. The van der Waals surface area contributed by atoms with Crippen molar-refractivity contribution < 1.29 is 33.4 Å². The number of esters is 1. The fourth-order valence-electron chi connectivity index (χ4n) is 11.7. The van der Waals surface area contributed by atoms with Gasteiger partial charge in [0.2, 0.25) is 11.4 Å². The Morgan fingerprint density at radius 3 is 2.54 bits per heavy atom. The number of ether oxygens (including phenoxy) is 3.